The summed E-state index contributed by atoms with van der Waals surface area (Å²) in [5.74, 6) is 0.560. The van der Waals surface area contributed by atoms with Gasteiger partial charge in [-0.2, -0.15) is 12.6 Å². The van der Waals surface area contributed by atoms with Crippen molar-refractivity contribution in [3.63, 3.8) is 0 Å². The van der Waals surface area contributed by atoms with Gasteiger partial charge in [-0.05, 0) is 50.8 Å². The van der Waals surface area contributed by atoms with Gasteiger partial charge in [-0.3, -0.25) is 4.90 Å². The zero-order valence-corrected chi connectivity index (χ0v) is 14.6. The first-order chi connectivity index (χ1) is 10.5. The summed E-state index contributed by atoms with van der Waals surface area (Å²) in [5, 5.41) is 0. The van der Waals surface area contributed by atoms with Gasteiger partial charge in [0.2, 0.25) is 0 Å². The van der Waals surface area contributed by atoms with E-state index in [0.29, 0.717) is 18.3 Å². The van der Waals surface area contributed by atoms with Gasteiger partial charge in [0.15, 0.2) is 0 Å². The van der Waals surface area contributed by atoms with Crippen molar-refractivity contribution in [2.75, 3.05) is 23.7 Å². The molecule has 0 spiro atoms. The average Bonchev–Trinajstić information content (AvgIpc) is 2.93. The van der Waals surface area contributed by atoms with Crippen LogP contribution in [0.5, 0.6) is 0 Å². The molecule has 4 nitrogen and oxygen atoms in total. The third kappa shape index (κ3) is 3.58. The molecule has 5 heteroatoms. The predicted octanol–water partition coefficient (Wildman–Crippen LogP) is 2.97. The van der Waals surface area contributed by atoms with Crippen LogP contribution in [0.2, 0.25) is 0 Å². The lowest BCUT2D eigenvalue weighted by molar-refractivity contribution is 0.202. The highest BCUT2D eigenvalue weighted by molar-refractivity contribution is 7.80. The van der Waals surface area contributed by atoms with Gasteiger partial charge in [-0.25, -0.2) is 4.79 Å². The summed E-state index contributed by atoms with van der Waals surface area (Å²) >= 11 is 4.27. The van der Waals surface area contributed by atoms with E-state index in [1.165, 1.54) is 5.56 Å². The molecule has 0 saturated carbocycles. The third-order valence-electron chi connectivity index (χ3n) is 4.55. The fraction of sp³-hybridized carbons (Fsp3) is 0.588. The quantitative estimate of drug-likeness (QED) is 0.838. The Balaban J connectivity index is 2.33. The SMILES string of the molecule is Cc1cccc(N(C[C@@H](N)CS)C(=O)N2CCC[C@H]2C)c1C. The molecule has 0 aliphatic carbocycles. The molecule has 2 N–H and O–H groups in total. The van der Waals surface area contributed by atoms with Crippen molar-refractivity contribution in [2.45, 2.75) is 45.7 Å². The summed E-state index contributed by atoms with van der Waals surface area (Å²) in [6, 6.07) is 6.30. The number of hydrogen-bond acceptors (Lipinski definition) is 3. The Hall–Kier alpha value is -1.20. The molecule has 1 fully saturated rings. The average molecular weight is 321 g/mol. The van der Waals surface area contributed by atoms with Crippen molar-refractivity contribution < 1.29 is 4.79 Å². The highest BCUT2D eigenvalue weighted by atomic mass is 32.1. The maximum Gasteiger partial charge on any atom is 0.324 e. The number of likely N-dealkylation sites (tertiary alicyclic amines) is 1. The van der Waals surface area contributed by atoms with E-state index in [1.54, 1.807) is 0 Å². The number of rotatable bonds is 4. The van der Waals surface area contributed by atoms with Crippen molar-refractivity contribution in [2.24, 2.45) is 5.73 Å². The molecule has 1 aromatic rings. The van der Waals surface area contributed by atoms with E-state index in [9.17, 15) is 4.79 Å². The number of aryl methyl sites for hydroxylation is 1. The number of benzene rings is 1. The topological polar surface area (TPSA) is 49.6 Å². The zero-order valence-electron chi connectivity index (χ0n) is 13.7. The largest absolute Gasteiger partial charge is 0.325 e. The number of amides is 2. The molecule has 22 heavy (non-hydrogen) atoms. The monoisotopic (exact) mass is 321 g/mol. The molecule has 1 aromatic carbocycles. The van der Waals surface area contributed by atoms with Gasteiger partial charge in [-0.15, -0.1) is 0 Å². The molecular weight excluding hydrogens is 294 g/mol. The maximum atomic E-state index is 13.0. The molecule has 1 aliphatic rings. The van der Waals surface area contributed by atoms with Crippen molar-refractivity contribution in [3.05, 3.63) is 29.3 Å². The highest BCUT2D eigenvalue weighted by Gasteiger charge is 2.31. The number of urea groups is 1. The second-order valence-corrected chi connectivity index (χ2v) is 6.60. The summed E-state index contributed by atoms with van der Waals surface area (Å²) < 4.78 is 0. The summed E-state index contributed by atoms with van der Waals surface area (Å²) in [6.45, 7) is 7.57. The number of anilines is 1. The fourth-order valence-corrected chi connectivity index (χ4v) is 3.09. The van der Waals surface area contributed by atoms with Crippen molar-refractivity contribution >= 4 is 24.3 Å². The van der Waals surface area contributed by atoms with Crippen molar-refractivity contribution in [3.8, 4) is 0 Å². The minimum atomic E-state index is -0.134. The molecule has 1 saturated heterocycles. The molecule has 0 radical (unpaired) electrons. The van der Waals surface area contributed by atoms with E-state index < -0.39 is 0 Å². The first-order valence-corrected chi connectivity index (χ1v) is 8.59. The Kier molecular flexibility index (Phi) is 5.75. The van der Waals surface area contributed by atoms with Gasteiger partial charge in [0, 0.05) is 36.6 Å². The number of hydrogen-bond donors (Lipinski definition) is 2. The van der Waals surface area contributed by atoms with Gasteiger partial charge in [0.25, 0.3) is 0 Å². The van der Waals surface area contributed by atoms with Crippen LogP contribution in [0.3, 0.4) is 0 Å². The van der Waals surface area contributed by atoms with Crippen LogP contribution in [0.25, 0.3) is 0 Å². The molecule has 0 aromatic heterocycles. The Morgan fingerprint density at radius 2 is 2.23 bits per heavy atom. The van der Waals surface area contributed by atoms with Crippen LogP contribution in [0.1, 0.15) is 30.9 Å². The minimum Gasteiger partial charge on any atom is -0.325 e. The number of nitrogens with zero attached hydrogens (tertiary/aromatic N) is 2. The molecule has 2 amide bonds. The van der Waals surface area contributed by atoms with E-state index in [1.807, 2.05) is 21.9 Å². The standard InChI is InChI=1S/C17H27N3OS/c1-12-6-4-8-16(14(12)3)20(10-15(18)11-22)17(21)19-9-5-7-13(19)2/h4,6,8,13,15,22H,5,7,9-11,18H2,1-3H3/t13-,15-/m1/s1. The molecule has 2 atom stereocenters. The Bertz CT molecular complexity index is 535. The van der Waals surface area contributed by atoms with Gasteiger partial charge in [0.1, 0.15) is 0 Å². The van der Waals surface area contributed by atoms with Crippen LogP contribution in [-0.2, 0) is 0 Å². The normalized spacial score (nSPS) is 19.3. The fourth-order valence-electron chi connectivity index (χ4n) is 2.97. The molecule has 122 valence electrons. The van der Waals surface area contributed by atoms with E-state index in [-0.39, 0.29) is 12.1 Å². The minimum absolute atomic E-state index is 0.0657. The van der Waals surface area contributed by atoms with Crippen molar-refractivity contribution in [1.29, 1.82) is 0 Å². The number of carbonyl (C=O) groups is 1. The maximum absolute atomic E-state index is 13.0. The van der Waals surface area contributed by atoms with Crippen molar-refractivity contribution in [1.82, 2.24) is 4.90 Å². The molecule has 2 rings (SSSR count). The molecule has 1 aliphatic heterocycles. The van der Waals surface area contributed by atoms with Crippen LogP contribution in [-0.4, -0.2) is 41.9 Å². The van der Waals surface area contributed by atoms with E-state index in [0.717, 1.165) is 30.6 Å². The van der Waals surface area contributed by atoms with Crippen LogP contribution >= 0.6 is 12.6 Å². The first-order valence-electron chi connectivity index (χ1n) is 7.96. The lowest BCUT2D eigenvalue weighted by Gasteiger charge is -2.33. The highest BCUT2D eigenvalue weighted by Crippen LogP contribution is 2.26. The van der Waals surface area contributed by atoms with E-state index >= 15 is 0 Å². The molecule has 1 heterocycles. The van der Waals surface area contributed by atoms with Crippen LogP contribution in [0.15, 0.2) is 18.2 Å². The molecular formula is C17H27N3OS. The van der Waals surface area contributed by atoms with Gasteiger partial charge in [0.05, 0.1) is 0 Å². The van der Waals surface area contributed by atoms with Gasteiger partial charge in [-0.1, -0.05) is 12.1 Å². The van der Waals surface area contributed by atoms with Crippen LogP contribution in [0, 0.1) is 13.8 Å². The number of nitrogens with two attached hydrogens (primary N) is 1. The van der Waals surface area contributed by atoms with E-state index in [2.05, 4.69) is 39.5 Å². The van der Waals surface area contributed by atoms with Crippen LogP contribution in [0.4, 0.5) is 10.5 Å². The summed E-state index contributed by atoms with van der Waals surface area (Å²) in [7, 11) is 0. The molecule has 0 bridgehead atoms. The second kappa shape index (κ2) is 7.38. The summed E-state index contributed by atoms with van der Waals surface area (Å²) in [6.07, 6.45) is 2.15. The smallest absolute Gasteiger partial charge is 0.324 e. The lowest BCUT2D eigenvalue weighted by atomic mass is 10.1. The second-order valence-electron chi connectivity index (χ2n) is 6.24. The third-order valence-corrected chi connectivity index (χ3v) is 5.02. The molecule has 0 unspecified atom stereocenters. The lowest BCUT2D eigenvalue weighted by Crippen LogP contribution is -2.49. The Morgan fingerprint density at radius 3 is 2.82 bits per heavy atom. The zero-order chi connectivity index (χ0) is 16.3. The van der Waals surface area contributed by atoms with E-state index in [4.69, 9.17) is 5.73 Å². The van der Waals surface area contributed by atoms with Gasteiger partial charge < -0.3 is 10.6 Å². The number of carbonyl (C=O) groups excluding carboxylic acids is 1. The summed E-state index contributed by atoms with van der Waals surface area (Å²) in [4.78, 5) is 16.8. The summed E-state index contributed by atoms with van der Waals surface area (Å²) in [5.41, 5.74) is 9.36. The predicted molar refractivity (Wildman–Crippen MR) is 95.9 cm³/mol. The Labute approximate surface area is 139 Å². The Morgan fingerprint density at radius 1 is 1.50 bits per heavy atom. The number of thiol groups is 1. The van der Waals surface area contributed by atoms with Gasteiger partial charge >= 0.3 is 6.03 Å². The first kappa shape index (κ1) is 17.2. The van der Waals surface area contributed by atoms with Crippen LogP contribution < -0.4 is 10.6 Å².